The van der Waals surface area contributed by atoms with E-state index in [9.17, 15) is 4.79 Å². The average Bonchev–Trinajstić information content (AvgIpc) is 1.88. The van der Waals surface area contributed by atoms with Crippen LogP contribution in [0.1, 0.15) is 12.8 Å². The Hall–Kier alpha value is -0.610. The van der Waals surface area contributed by atoms with Crippen LogP contribution in [0, 0.1) is 0 Å². The molecule has 4 nitrogen and oxygen atoms in total. The van der Waals surface area contributed by atoms with Crippen molar-refractivity contribution in [1.82, 2.24) is 10.3 Å². The number of piperidine rings is 1. The molecule has 0 bridgehead atoms. The number of amides is 1. The van der Waals surface area contributed by atoms with E-state index in [0.717, 1.165) is 32.3 Å². The molecule has 58 valence electrons. The lowest BCUT2D eigenvalue weighted by Gasteiger charge is -2.28. The third-order valence-electron chi connectivity index (χ3n) is 1.76. The van der Waals surface area contributed by atoms with Crippen LogP contribution in [-0.2, 0) is 4.79 Å². The molecule has 10 heavy (non-hydrogen) atoms. The van der Waals surface area contributed by atoms with Gasteiger partial charge in [0.15, 0.2) is 0 Å². The Morgan fingerprint density at radius 1 is 1.70 bits per heavy atom. The van der Waals surface area contributed by atoms with Gasteiger partial charge >= 0.3 is 0 Å². The van der Waals surface area contributed by atoms with Crippen LogP contribution < -0.4 is 11.2 Å². The molecule has 1 aliphatic heterocycles. The summed E-state index contributed by atoms with van der Waals surface area (Å²) < 4.78 is 0. The van der Waals surface area contributed by atoms with Crippen LogP contribution in [0.3, 0.4) is 0 Å². The van der Waals surface area contributed by atoms with Gasteiger partial charge in [0, 0.05) is 19.1 Å². The lowest BCUT2D eigenvalue weighted by Crippen LogP contribution is -2.48. The van der Waals surface area contributed by atoms with Gasteiger partial charge in [-0.3, -0.25) is 10.6 Å². The number of carbonyl (C=O) groups is 1. The molecule has 4 heteroatoms. The number of hydrogen-bond donors (Lipinski definition) is 2. The Balaban J connectivity index is 2.24. The molecular weight excluding hydrogens is 130 g/mol. The molecule has 0 aromatic rings. The number of hydrazine groups is 1. The lowest BCUT2D eigenvalue weighted by molar-refractivity contribution is -0.110. The van der Waals surface area contributed by atoms with Gasteiger partial charge in [-0.2, -0.15) is 0 Å². The molecule has 1 rings (SSSR count). The van der Waals surface area contributed by atoms with E-state index >= 15 is 0 Å². The topological polar surface area (TPSA) is 58.4 Å². The maximum absolute atomic E-state index is 10.0. The van der Waals surface area contributed by atoms with Crippen molar-refractivity contribution in [2.75, 3.05) is 13.1 Å². The number of nitrogens with two attached hydrogens (primary N) is 1. The number of nitrogens with zero attached hydrogens (tertiary/aromatic N) is 1. The number of rotatable bonds is 2. The second-order valence-electron chi connectivity index (χ2n) is 2.62. The molecule has 3 N–H and O–H groups in total. The number of hydrogen-bond acceptors (Lipinski definition) is 3. The highest BCUT2D eigenvalue weighted by atomic mass is 16.1. The Kier molecular flexibility index (Phi) is 2.65. The molecule has 0 radical (unpaired) electrons. The summed E-state index contributed by atoms with van der Waals surface area (Å²) in [6.07, 6.45) is 2.86. The van der Waals surface area contributed by atoms with E-state index in [-0.39, 0.29) is 6.04 Å². The third kappa shape index (κ3) is 1.97. The van der Waals surface area contributed by atoms with E-state index in [0.29, 0.717) is 0 Å². The Labute approximate surface area is 60.3 Å². The molecule has 0 aliphatic carbocycles. The summed E-state index contributed by atoms with van der Waals surface area (Å²) in [6.45, 7) is 1.72. The van der Waals surface area contributed by atoms with E-state index < -0.39 is 0 Å². The second-order valence-corrected chi connectivity index (χ2v) is 2.62. The van der Waals surface area contributed by atoms with E-state index in [1.807, 2.05) is 0 Å². The highest BCUT2D eigenvalue weighted by Gasteiger charge is 2.15. The second kappa shape index (κ2) is 3.53. The molecule has 0 unspecified atom stereocenters. The van der Waals surface area contributed by atoms with Gasteiger partial charge in [-0.15, -0.1) is 0 Å². The highest BCUT2D eigenvalue weighted by molar-refractivity contribution is 5.46. The van der Waals surface area contributed by atoms with Gasteiger partial charge in [0.05, 0.1) is 0 Å². The van der Waals surface area contributed by atoms with Gasteiger partial charge in [-0.1, -0.05) is 0 Å². The van der Waals surface area contributed by atoms with Crippen molar-refractivity contribution in [3.63, 3.8) is 0 Å². The summed E-state index contributed by atoms with van der Waals surface area (Å²) in [6, 6.07) is 0.260. The summed E-state index contributed by atoms with van der Waals surface area (Å²) in [5.41, 5.74) is 0. The van der Waals surface area contributed by atoms with Crippen molar-refractivity contribution in [3.05, 3.63) is 0 Å². The molecule has 0 saturated carbocycles. The van der Waals surface area contributed by atoms with Crippen LogP contribution in [0.15, 0.2) is 0 Å². The van der Waals surface area contributed by atoms with Crippen LogP contribution in [0.2, 0.25) is 0 Å². The molecule has 0 aromatic heterocycles. The lowest BCUT2D eigenvalue weighted by atomic mass is 10.1. The monoisotopic (exact) mass is 143 g/mol. The highest BCUT2D eigenvalue weighted by Crippen LogP contribution is 2.04. The fourth-order valence-electron chi connectivity index (χ4n) is 1.24. The van der Waals surface area contributed by atoms with Crippen molar-refractivity contribution < 1.29 is 4.79 Å². The maximum Gasteiger partial charge on any atom is 0.207 e. The largest absolute Gasteiger partial charge is 0.355 e. The van der Waals surface area contributed by atoms with Crippen LogP contribution in [0.5, 0.6) is 0 Å². The molecule has 1 atom stereocenters. The van der Waals surface area contributed by atoms with Crippen molar-refractivity contribution in [3.8, 4) is 0 Å². The predicted molar refractivity (Wildman–Crippen MR) is 38.0 cm³/mol. The quantitative estimate of drug-likeness (QED) is 0.388. The molecule has 1 heterocycles. The summed E-state index contributed by atoms with van der Waals surface area (Å²) in [4.78, 5) is 10.0. The van der Waals surface area contributed by atoms with E-state index in [2.05, 4.69) is 5.32 Å². The third-order valence-corrected chi connectivity index (χ3v) is 1.76. The molecule has 0 aromatic carbocycles. The standard InChI is InChI=1S/C6H13N3O/c7-9-3-1-2-6(4-9)8-5-10/h5-6H,1-4,7H2,(H,8,10)/t6-/m1/s1. The van der Waals surface area contributed by atoms with Gasteiger partial charge < -0.3 is 5.32 Å². The van der Waals surface area contributed by atoms with Gasteiger partial charge in [-0.05, 0) is 12.8 Å². The maximum atomic E-state index is 10.0. The number of nitrogens with one attached hydrogen (secondary N) is 1. The first kappa shape index (κ1) is 7.50. The average molecular weight is 143 g/mol. The Morgan fingerprint density at radius 3 is 3.10 bits per heavy atom. The van der Waals surface area contributed by atoms with Crippen LogP contribution in [0.4, 0.5) is 0 Å². The summed E-state index contributed by atoms with van der Waals surface area (Å²) >= 11 is 0. The summed E-state index contributed by atoms with van der Waals surface area (Å²) in [5, 5.41) is 4.45. The first-order chi connectivity index (χ1) is 4.83. The van der Waals surface area contributed by atoms with E-state index in [1.54, 1.807) is 5.01 Å². The normalized spacial score (nSPS) is 27.9. The fourth-order valence-corrected chi connectivity index (χ4v) is 1.24. The summed E-state index contributed by atoms with van der Waals surface area (Å²) in [5.74, 6) is 5.53. The number of carbonyl (C=O) groups excluding carboxylic acids is 1. The Morgan fingerprint density at radius 2 is 2.50 bits per heavy atom. The van der Waals surface area contributed by atoms with Crippen molar-refractivity contribution >= 4 is 6.41 Å². The van der Waals surface area contributed by atoms with Crippen LogP contribution in [0.25, 0.3) is 0 Å². The minimum atomic E-state index is 0.260. The minimum Gasteiger partial charge on any atom is -0.355 e. The molecule has 1 aliphatic rings. The first-order valence-corrected chi connectivity index (χ1v) is 3.52. The van der Waals surface area contributed by atoms with Crippen LogP contribution in [-0.4, -0.2) is 30.6 Å². The first-order valence-electron chi connectivity index (χ1n) is 3.52. The SMILES string of the molecule is NN1CCC[C@@H](NC=O)C1. The Bertz CT molecular complexity index is 118. The predicted octanol–water partition coefficient (Wildman–Crippen LogP) is -0.929. The molecule has 1 saturated heterocycles. The minimum absolute atomic E-state index is 0.260. The van der Waals surface area contributed by atoms with Gasteiger partial charge in [0.25, 0.3) is 0 Å². The molecule has 1 fully saturated rings. The van der Waals surface area contributed by atoms with E-state index in [4.69, 9.17) is 5.84 Å². The van der Waals surface area contributed by atoms with Gasteiger partial charge in [0.2, 0.25) is 6.41 Å². The fraction of sp³-hybridized carbons (Fsp3) is 0.833. The summed E-state index contributed by atoms with van der Waals surface area (Å²) in [7, 11) is 0. The molecule has 0 spiro atoms. The van der Waals surface area contributed by atoms with Crippen molar-refractivity contribution in [2.24, 2.45) is 5.84 Å². The zero-order valence-corrected chi connectivity index (χ0v) is 5.92. The zero-order chi connectivity index (χ0) is 7.40. The van der Waals surface area contributed by atoms with Crippen molar-refractivity contribution in [1.29, 1.82) is 0 Å². The zero-order valence-electron chi connectivity index (χ0n) is 5.92. The molecule has 1 amide bonds. The van der Waals surface area contributed by atoms with Crippen molar-refractivity contribution in [2.45, 2.75) is 18.9 Å². The smallest absolute Gasteiger partial charge is 0.207 e. The van der Waals surface area contributed by atoms with Crippen LogP contribution >= 0.6 is 0 Å². The molecular formula is C6H13N3O. The van der Waals surface area contributed by atoms with Gasteiger partial charge in [-0.25, -0.2) is 5.01 Å². The van der Waals surface area contributed by atoms with E-state index in [1.165, 1.54) is 0 Å². The van der Waals surface area contributed by atoms with Gasteiger partial charge in [0.1, 0.15) is 0 Å².